The number of ether oxygens (including phenoxy) is 1. The van der Waals surface area contributed by atoms with E-state index in [0.29, 0.717) is 12.8 Å². The Morgan fingerprint density at radius 2 is 1.77 bits per heavy atom. The number of Topliss-reactive ketones (excluding diaryl/α,β-unsaturated/α-hetero) is 1. The van der Waals surface area contributed by atoms with Crippen LogP contribution in [0.1, 0.15) is 44.9 Å². The summed E-state index contributed by atoms with van der Waals surface area (Å²) < 4.78 is 4.81. The van der Waals surface area contributed by atoms with E-state index in [1.807, 2.05) is 0 Å². The summed E-state index contributed by atoms with van der Waals surface area (Å²) in [6.07, 6.45) is 3.23. The van der Waals surface area contributed by atoms with Gasteiger partial charge in [0.1, 0.15) is 5.78 Å². The Morgan fingerprint density at radius 3 is 2.23 bits per heavy atom. The van der Waals surface area contributed by atoms with Gasteiger partial charge in [0.05, 0.1) is 18.5 Å². The number of ketones is 1. The first kappa shape index (κ1) is 18.4. The number of carboxylic acids is 2. The predicted octanol–water partition coefficient (Wildman–Crippen LogP) is -0.395. The molecule has 1 rings (SSSR count). The number of hydrogen-bond donors (Lipinski definition) is 0. The standard InChI is InChI=1S/C16H24O6/c1-11(14(18)19)16(15(20)21,10-13(17)8-9-22-2)12-6-4-3-5-7-12/h12H,1,3-10H2,2H3,(H,18,19)(H,20,21)/p-2. The molecule has 0 bridgehead atoms. The van der Waals surface area contributed by atoms with Gasteiger partial charge in [0, 0.05) is 25.4 Å². The summed E-state index contributed by atoms with van der Waals surface area (Å²) in [5, 5.41) is 23.1. The Balaban J connectivity index is 3.14. The van der Waals surface area contributed by atoms with Crippen LogP contribution in [0.3, 0.4) is 0 Å². The van der Waals surface area contributed by atoms with Gasteiger partial charge in [0.25, 0.3) is 0 Å². The normalized spacial score (nSPS) is 18.4. The summed E-state index contributed by atoms with van der Waals surface area (Å²) in [6.45, 7) is 3.55. The van der Waals surface area contributed by atoms with Crippen molar-refractivity contribution in [1.82, 2.24) is 0 Å². The van der Waals surface area contributed by atoms with Gasteiger partial charge in [0.2, 0.25) is 0 Å². The van der Waals surface area contributed by atoms with Gasteiger partial charge in [-0.25, -0.2) is 0 Å². The lowest BCUT2D eigenvalue weighted by Gasteiger charge is -2.45. The molecule has 1 aliphatic carbocycles. The summed E-state index contributed by atoms with van der Waals surface area (Å²) in [5.41, 5.74) is -2.45. The molecule has 0 aromatic rings. The number of hydrogen-bond acceptors (Lipinski definition) is 6. The van der Waals surface area contributed by atoms with Crippen LogP contribution in [0.4, 0.5) is 0 Å². The zero-order valence-corrected chi connectivity index (χ0v) is 12.9. The van der Waals surface area contributed by atoms with E-state index in [0.717, 1.165) is 19.3 Å². The van der Waals surface area contributed by atoms with E-state index in [1.54, 1.807) is 0 Å². The fraction of sp³-hybridized carbons (Fsp3) is 0.688. The number of carboxylic acid groups (broad SMARTS) is 2. The maximum Gasteiger partial charge on any atom is 0.136 e. The molecule has 1 fully saturated rings. The summed E-state index contributed by atoms with van der Waals surface area (Å²) in [4.78, 5) is 35.1. The van der Waals surface area contributed by atoms with Crippen molar-refractivity contribution >= 4 is 17.7 Å². The molecule has 0 radical (unpaired) electrons. The molecule has 1 unspecified atom stereocenters. The SMILES string of the molecule is C=C(C(=O)[O-])C(CC(=O)CCOC)(C(=O)[O-])C1CCCCC1. The van der Waals surface area contributed by atoms with Gasteiger partial charge in [-0.15, -0.1) is 0 Å². The molecular formula is C16H22O6-2. The van der Waals surface area contributed by atoms with Crippen LogP contribution < -0.4 is 10.2 Å². The monoisotopic (exact) mass is 310 g/mol. The Labute approximate surface area is 130 Å². The molecular weight excluding hydrogens is 288 g/mol. The largest absolute Gasteiger partial charge is 0.549 e. The Kier molecular flexibility index (Phi) is 6.74. The smallest absolute Gasteiger partial charge is 0.136 e. The third-order valence-corrected chi connectivity index (χ3v) is 4.51. The minimum absolute atomic E-state index is 0.0264. The maximum absolute atomic E-state index is 12.1. The molecule has 6 nitrogen and oxygen atoms in total. The number of carbonyl (C=O) groups excluding carboxylic acids is 3. The number of rotatable bonds is 9. The summed E-state index contributed by atoms with van der Waals surface area (Å²) in [5.74, 6) is -4.05. The molecule has 0 aromatic heterocycles. The molecule has 0 aromatic carbocycles. The van der Waals surface area contributed by atoms with Crippen molar-refractivity contribution in [3.63, 3.8) is 0 Å². The minimum atomic E-state index is -1.88. The molecule has 1 atom stereocenters. The van der Waals surface area contributed by atoms with E-state index < -0.39 is 35.3 Å². The molecule has 0 spiro atoms. The zero-order chi connectivity index (χ0) is 16.8. The molecule has 0 saturated heterocycles. The number of methoxy groups -OCH3 is 1. The molecule has 22 heavy (non-hydrogen) atoms. The van der Waals surface area contributed by atoms with E-state index in [-0.39, 0.29) is 18.8 Å². The summed E-state index contributed by atoms with van der Waals surface area (Å²) in [7, 11) is 1.43. The highest BCUT2D eigenvalue weighted by Gasteiger charge is 2.44. The van der Waals surface area contributed by atoms with Crippen LogP contribution in [0.5, 0.6) is 0 Å². The Bertz CT molecular complexity index is 450. The van der Waals surface area contributed by atoms with Gasteiger partial charge in [-0.3, -0.25) is 4.79 Å². The quantitative estimate of drug-likeness (QED) is 0.537. The average molecular weight is 310 g/mol. The van der Waals surface area contributed by atoms with Crippen molar-refractivity contribution in [2.45, 2.75) is 44.9 Å². The highest BCUT2D eigenvalue weighted by Crippen LogP contribution is 2.46. The molecule has 0 amide bonds. The first-order valence-corrected chi connectivity index (χ1v) is 7.49. The van der Waals surface area contributed by atoms with E-state index in [4.69, 9.17) is 4.74 Å². The Hall–Kier alpha value is -1.69. The van der Waals surface area contributed by atoms with Crippen LogP contribution in [0.15, 0.2) is 12.2 Å². The van der Waals surface area contributed by atoms with Gasteiger partial charge in [-0.2, -0.15) is 0 Å². The predicted molar refractivity (Wildman–Crippen MR) is 74.3 cm³/mol. The van der Waals surface area contributed by atoms with Crippen LogP contribution >= 0.6 is 0 Å². The number of aliphatic carboxylic acids is 2. The van der Waals surface area contributed by atoms with Gasteiger partial charge < -0.3 is 24.5 Å². The average Bonchev–Trinajstić information content (AvgIpc) is 2.50. The molecule has 0 aliphatic heterocycles. The molecule has 6 heteroatoms. The second-order valence-electron chi connectivity index (χ2n) is 5.82. The van der Waals surface area contributed by atoms with Crippen molar-refractivity contribution < 1.29 is 29.3 Å². The first-order chi connectivity index (χ1) is 10.4. The maximum atomic E-state index is 12.1. The van der Waals surface area contributed by atoms with Crippen molar-refractivity contribution in [3.8, 4) is 0 Å². The highest BCUT2D eigenvalue weighted by atomic mass is 16.5. The second-order valence-corrected chi connectivity index (χ2v) is 5.82. The molecule has 0 N–H and O–H groups in total. The molecule has 124 valence electrons. The van der Waals surface area contributed by atoms with E-state index >= 15 is 0 Å². The highest BCUT2D eigenvalue weighted by molar-refractivity contribution is 5.98. The van der Waals surface area contributed by atoms with Crippen molar-refractivity contribution in [1.29, 1.82) is 0 Å². The van der Waals surface area contributed by atoms with E-state index in [2.05, 4.69) is 6.58 Å². The van der Waals surface area contributed by atoms with Crippen LogP contribution in [0, 0.1) is 11.3 Å². The van der Waals surface area contributed by atoms with Crippen molar-refractivity contribution in [2.75, 3.05) is 13.7 Å². The van der Waals surface area contributed by atoms with Crippen molar-refractivity contribution in [2.24, 2.45) is 11.3 Å². The van der Waals surface area contributed by atoms with Crippen LogP contribution in [-0.2, 0) is 19.1 Å². The molecule has 1 aliphatic rings. The van der Waals surface area contributed by atoms with E-state index in [9.17, 15) is 24.6 Å². The zero-order valence-electron chi connectivity index (χ0n) is 12.9. The first-order valence-electron chi connectivity index (χ1n) is 7.49. The van der Waals surface area contributed by atoms with Gasteiger partial charge in [0.15, 0.2) is 0 Å². The van der Waals surface area contributed by atoms with Crippen LogP contribution in [-0.4, -0.2) is 31.4 Å². The lowest BCUT2D eigenvalue weighted by Crippen LogP contribution is -2.53. The Morgan fingerprint density at radius 1 is 1.18 bits per heavy atom. The van der Waals surface area contributed by atoms with Crippen LogP contribution in [0.2, 0.25) is 0 Å². The fourth-order valence-corrected chi connectivity index (χ4v) is 3.25. The van der Waals surface area contributed by atoms with E-state index in [1.165, 1.54) is 7.11 Å². The number of carbonyl (C=O) groups is 3. The second kappa shape index (κ2) is 8.08. The summed E-state index contributed by atoms with van der Waals surface area (Å²) >= 11 is 0. The topological polar surface area (TPSA) is 107 Å². The third kappa shape index (κ3) is 3.94. The lowest BCUT2D eigenvalue weighted by atomic mass is 9.62. The van der Waals surface area contributed by atoms with Crippen molar-refractivity contribution in [3.05, 3.63) is 12.2 Å². The lowest BCUT2D eigenvalue weighted by molar-refractivity contribution is -0.325. The van der Waals surface area contributed by atoms with Crippen LogP contribution in [0.25, 0.3) is 0 Å². The van der Waals surface area contributed by atoms with Gasteiger partial charge >= 0.3 is 0 Å². The molecule has 1 saturated carbocycles. The third-order valence-electron chi connectivity index (χ3n) is 4.51. The van der Waals surface area contributed by atoms with Gasteiger partial charge in [-0.1, -0.05) is 25.8 Å². The summed E-state index contributed by atoms with van der Waals surface area (Å²) in [6, 6.07) is 0. The molecule has 0 heterocycles. The van der Waals surface area contributed by atoms with Gasteiger partial charge in [-0.05, 0) is 24.3 Å². The minimum Gasteiger partial charge on any atom is -0.549 e. The fourth-order valence-electron chi connectivity index (χ4n) is 3.25.